The number of benzene rings is 3. The second-order valence-electron chi connectivity index (χ2n) is 7.29. The van der Waals surface area contributed by atoms with E-state index in [4.69, 9.17) is 4.74 Å². The molecule has 0 aliphatic carbocycles. The number of carbonyl (C=O) groups excluding carboxylic acids is 1. The van der Waals surface area contributed by atoms with Gasteiger partial charge in [0.25, 0.3) is 5.91 Å². The zero-order valence-corrected chi connectivity index (χ0v) is 18.7. The summed E-state index contributed by atoms with van der Waals surface area (Å²) in [5.74, 6) is -0.0616. The number of hydrogen-bond acceptors (Lipinski definition) is 4. The van der Waals surface area contributed by atoms with Crippen molar-refractivity contribution in [2.24, 2.45) is 0 Å². The lowest BCUT2D eigenvalue weighted by molar-refractivity contribution is 0.0729. The first-order chi connectivity index (χ1) is 14.8. The van der Waals surface area contributed by atoms with Gasteiger partial charge in [-0.25, -0.2) is 12.7 Å². The predicted molar refractivity (Wildman–Crippen MR) is 120 cm³/mol. The molecule has 0 aliphatic heterocycles. The highest BCUT2D eigenvalue weighted by molar-refractivity contribution is 7.89. The van der Waals surface area contributed by atoms with Gasteiger partial charge in [0.1, 0.15) is 10.6 Å². The molecule has 3 rings (SSSR count). The molecule has 1 amide bonds. The van der Waals surface area contributed by atoms with Crippen LogP contribution in [0.1, 0.15) is 21.5 Å². The zero-order valence-electron chi connectivity index (χ0n) is 17.9. The van der Waals surface area contributed by atoms with Crippen LogP contribution < -0.4 is 4.74 Å². The Bertz CT molecular complexity index is 1090. The van der Waals surface area contributed by atoms with Crippen molar-refractivity contribution in [2.75, 3.05) is 21.2 Å². The molecule has 0 saturated carbocycles. The standard InChI is InChI=1S/C24H26N2O4S/c1-25(2)31(28,29)23-16-21(14-15-22(23)30-3)24(27)26(17-19-10-6-4-7-11-19)18-20-12-8-5-9-13-20/h4-16H,17-18H2,1-3H3. The van der Waals surface area contributed by atoms with Crippen molar-refractivity contribution in [3.05, 3.63) is 95.6 Å². The molecular weight excluding hydrogens is 412 g/mol. The summed E-state index contributed by atoms with van der Waals surface area (Å²) in [5, 5.41) is 0. The lowest BCUT2D eigenvalue weighted by atomic mass is 10.1. The highest BCUT2D eigenvalue weighted by Crippen LogP contribution is 2.28. The Hall–Kier alpha value is -3.16. The summed E-state index contributed by atoms with van der Waals surface area (Å²) < 4.78 is 31.9. The third-order valence-corrected chi connectivity index (χ3v) is 6.73. The van der Waals surface area contributed by atoms with E-state index >= 15 is 0 Å². The van der Waals surface area contributed by atoms with Crippen molar-refractivity contribution < 1.29 is 17.9 Å². The van der Waals surface area contributed by atoms with Gasteiger partial charge >= 0.3 is 0 Å². The Morgan fingerprint density at radius 1 is 0.839 bits per heavy atom. The molecule has 3 aromatic carbocycles. The molecule has 3 aromatic rings. The normalized spacial score (nSPS) is 11.4. The average molecular weight is 439 g/mol. The van der Waals surface area contributed by atoms with Gasteiger partial charge in [-0.15, -0.1) is 0 Å². The van der Waals surface area contributed by atoms with Gasteiger partial charge in [0.05, 0.1) is 7.11 Å². The number of amides is 1. The highest BCUT2D eigenvalue weighted by atomic mass is 32.2. The van der Waals surface area contributed by atoms with Crippen LogP contribution in [0.15, 0.2) is 83.8 Å². The Balaban J connectivity index is 2.00. The maximum Gasteiger partial charge on any atom is 0.254 e. The third-order valence-electron chi connectivity index (χ3n) is 4.89. The molecule has 0 heterocycles. The molecule has 0 saturated heterocycles. The number of sulfonamides is 1. The fourth-order valence-corrected chi connectivity index (χ4v) is 4.27. The first-order valence-corrected chi connectivity index (χ1v) is 11.2. The molecule has 0 unspecified atom stereocenters. The molecule has 0 radical (unpaired) electrons. The fraction of sp³-hybridized carbons (Fsp3) is 0.208. The largest absolute Gasteiger partial charge is 0.495 e. The molecule has 0 N–H and O–H groups in total. The summed E-state index contributed by atoms with van der Waals surface area (Å²) in [6, 6.07) is 23.9. The van der Waals surface area contributed by atoms with E-state index in [0.717, 1.165) is 15.4 Å². The zero-order chi connectivity index (χ0) is 22.4. The number of nitrogens with zero attached hydrogens (tertiary/aromatic N) is 2. The lowest BCUT2D eigenvalue weighted by Crippen LogP contribution is -2.30. The first kappa shape index (κ1) is 22.5. The highest BCUT2D eigenvalue weighted by Gasteiger charge is 2.25. The lowest BCUT2D eigenvalue weighted by Gasteiger charge is -2.24. The van der Waals surface area contributed by atoms with E-state index in [9.17, 15) is 13.2 Å². The Morgan fingerprint density at radius 2 is 1.35 bits per heavy atom. The van der Waals surface area contributed by atoms with Crippen molar-refractivity contribution in [1.29, 1.82) is 0 Å². The maximum atomic E-state index is 13.5. The number of rotatable bonds is 8. The molecule has 0 aliphatic rings. The second-order valence-corrected chi connectivity index (χ2v) is 9.41. The summed E-state index contributed by atoms with van der Waals surface area (Å²) in [7, 11) is 0.513. The van der Waals surface area contributed by atoms with E-state index in [2.05, 4.69) is 0 Å². The van der Waals surface area contributed by atoms with Gasteiger partial charge in [-0.2, -0.15) is 0 Å². The summed E-state index contributed by atoms with van der Waals surface area (Å²) in [5.41, 5.74) is 2.26. The van der Waals surface area contributed by atoms with E-state index < -0.39 is 10.0 Å². The molecule has 162 valence electrons. The van der Waals surface area contributed by atoms with Crippen molar-refractivity contribution in [2.45, 2.75) is 18.0 Å². The average Bonchev–Trinajstić information content (AvgIpc) is 2.79. The van der Waals surface area contributed by atoms with Gasteiger partial charge < -0.3 is 9.64 Å². The quantitative estimate of drug-likeness (QED) is 0.537. The van der Waals surface area contributed by atoms with Crippen molar-refractivity contribution in [3.63, 3.8) is 0 Å². The van der Waals surface area contributed by atoms with Gasteiger partial charge in [-0.05, 0) is 29.3 Å². The minimum absolute atomic E-state index is 0.0368. The molecule has 0 aromatic heterocycles. The first-order valence-electron chi connectivity index (χ1n) is 9.80. The van der Waals surface area contributed by atoms with E-state index in [-0.39, 0.29) is 22.1 Å². The van der Waals surface area contributed by atoms with Crippen LogP contribution in [-0.2, 0) is 23.1 Å². The van der Waals surface area contributed by atoms with E-state index in [1.54, 1.807) is 11.0 Å². The van der Waals surface area contributed by atoms with Gasteiger partial charge in [0.2, 0.25) is 10.0 Å². The number of hydrogen-bond donors (Lipinski definition) is 0. The third kappa shape index (κ3) is 5.31. The summed E-state index contributed by atoms with van der Waals surface area (Å²) >= 11 is 0. The smallest absolute Gasteiger partial charge is 0.254 e. The molecule has 6 nitrogen and oxygen atoms in total. The summed E-state index contributed by atoms with van der Waals surface area (Å²) in [6.45, 7) is 0.798. The molecule has 7 heteroatoms. The maximum absolute atomic E-state index is 13.5. The minimum atomic E-state index is -3.78. The van der Waals surface area contributed by atoms with Crippen LogP contribution in [-0.4, -0.2) is 44.7 Å². The SMILES string of the molecule is COc1ccc(C(=O)N(Cc2ccccc2)Cc2ccccc2)cc1S(=O)(=O)N(C)C. The number of carbonyl (C=O) groups is 1. The molecule has 0 fully saturated rings. The number of ether oxygens (including phenoxy) is 1. The van der Waals surface area contributed by atoms with Crippen LogP contribution in [0.25, 0.3) is 0 Å². The number of methoxy groups -OCH3 is 1. The van der Waals surface area contributed by atoms with Gasteiger partial charge in [-0.3, -0.25) is 4.79 Å². The fourth-order valence-electron chi connectivity index (χ4n) is 3.20. The topological polar surface area (TPSA) is 66.9 Å². The van der Waals surface area contributed by atoms with Crippen LogP contribution in [0.5, 0.6) is 5.75 Å². The van der Waals surface area contributed by atoms with Crippen LogP contribution in [0.3, 0.4) is 0 Å². The molecular formula is C24H26N2O4S. The van der Waals surface area contributed by atoms with Gasteiger partial charge in [0, 0.05) is 32.7 Å². The van der Waals surface area contributed by atoms with E-state index in [0.29, 0.717) is 13.1 Å². The van der Waals surface area contributed by atoms with Crippen LogP contribution in [0.2, 0.25) is 0 Å². The Morgan fingerprint density at radius 3 is 1.81 bits per heavy atom. The van der Waals surface area contributed by atoms with Crippen molar-refractivity contribution >= 4 is 15.9 Å². The Kier molecular flexibility index (Phi) is 7.09. The molecule has 31 heavy (non-hydrogen) atoms. The monoisotopic (exact) mass is 438 g/mol. The molecule has 0 atom stereocenters. The van der Waals surface area contributed by atoms with Crippen molar-refractivity contribution in [1.82, 2.24) is 9.21 Å². The Labute approximate surface area is 183 Å². The van der Waals surface area contributed by atoms with Crippen LogP contribution >= 0.6 is 0 Å². The summed E-state index contributed by atoms with van der Waals surface area (Å²) in [4.78, 5) is 15.1. The second kappa shape index (κ2) is 9.76. The van der Waals surface area contributed by atoms with E-state index in [1.807, 2.05) is 60.7 Å². The molecule has 0 bridgehead atoms. The molecule has 0 spiro atoms. The van der Waals surface area contributed by atoms with Gasteiger partial charge in [-0.1, -0.05) is 60.7 Å². The predicted octanol–water partition coefficient (Wildman–Crippen LogP) is 3.79. The summed E-state index contributed by atoms with van der Waals surface area (Å²) in [6.07, 6.45) is 0. The van der Waals surface area contributed by atoms with Crippen molar-refractivity contribution in [3.8, 4) is 5.75 Å². The van der Waals surface area contributed by atoms with Crippen LogP contribution in [0, 0.1) is 0 Å². The minimum Gasteiger partial charge on any atom is -0.495 e. The van der Waals surface area contributed by atoms with Gasteiger partial charge in [0.15, 0.2) is 0 Å². The van der Waals surface area contributed by atoms with Crippen LogP contribution in [0.4, 0.5) is 0 Å². The van der Waals surface area contributed by atoms with E-state index in [1.165, 1.54) is 33.3 Å².